The van der Waals surface area contributed by atoms with Crippen molar-refractivity contribution in [1.82, 2.24) is 19.5 Å². The second-order valence-electron chi connectivity index (χ2n) is 9.42. The molecular weight excluding hydrogens is 600 g/mol. The molecule has 3 unspecified atom stereocenters. The van der Waals surface area contributed by atoms with E-state index in [0.717, 1.165) is 17.5 Å². The van der Waals surface area contributed by atoms with Crippen LogP contribution in [0.4, 0.5) is 5.82 Å². The number of hydrogen-bond donors (Lipinski definition) is 5. The van der Waals surface area contributed by atoms with Crippen molar-refractivity contribution in [1.29, 1.82) is 0 Å². The monoisotopic (exact) mass is 629 g/mol. The summed E-state index contributed by atoms with van der Waals surface area (Å²) in [5.41, 5.74) is 2.47. The molecule has 1 fully saturated rings. The number of rotatable bonds is 11. The molecule has 3 aromatic rings. The predicted molar refractivity (Wildman–Crippen MR) is 149 cm³/mol. The van der Waals surface area contributed by atoms with Crippen molar-refractivity contribution in [3.8, 4) is 11.8 Å². The van der Waals surface area contributed by atoms with E-state index >= 15 is 0 Å². The van der Waals surface area contributed by atoms with E-state index in [1.807, 2.05) is 36.1 Å². The van der Waals surface area contributed by atoms with E-state index in [1.54, 1.807) is 6.92 Å². The molecule has 1 saturated heterocycles. The van der Waals surface area contributed by atoms with Crippen molar-refractivity contribution < 1.29 is 43.3 Å². The van der Waals surface area contributed by atoms with Gasteiger partial charge in [-0.15, -0.1) is 5.92 Å². The van der Waals surface area contributed by atoms with Gasteiger partial charge in [0.1, 0.15) is 18.3 Å². The summed E-state index contributed by atoms with van der Waals surface area (Å²) in [6.45, 7) is 4.17. The molecule has 0 saturated carbocycles. The van der Waals surface area contributed by atoms with Gasteiger partial charge in [0.05, 0.1) is 12.9 Å². The predicted octanol–water partition coefficient (Wildman–Crippen LogP) is 2.22. The Kier molecular flexibility index (Phi) is 9.89. The molecule has 2 aromatic heterocycles. The molecule has 1 aliphatic heterocycles. The maximum absolute atomic E-state index is 12.0. The van der Waals surface area contributed by atoms with Crippen LogP contribution in [0.5, 0.6) is 0 Å². The average molecular weight is 630 g/mol. The molecule has 0 amide bonds. The maximum atomic E-state index is 12.0. The number of imidazole rings is 1. The lowest BCUT2D eigenvalue weighted by Crippen LogP contribution is -2.33. The number of anilines is 1. The van der Waals surface area contributed by atoms with Gasteiger partial charge in [0, 0.05) is 18.7 Å². The Balaban J connectivity index is 1.59. The molecule has 3 heterocycles. The van der Waals surface area contributed by atoms with E-state index in [1.165, 1.54) is 10.9 Å². The zero-order chi connectivity index (χ0) is 29.9. The first kappa shape index (κ1) is 31.5. The molecule has 0 bridgehead atoms. The number of hydrogen-bond acceptors (Lipinski definition) is 10. The number of aliphatic hydroxyl groups excluding tert-OH is 2. The van der Waals surface area contributed by atoms with Crippen LogP contribution in [0.15, 0.2) is 30.6 Å². The van der Waals surface area contributed by atoms with Crippen LogP contribution in [0.2, 0.25) is 5.28 Å². The summed E-state index contributed by atoms with van der Waals surface area (Å²) < 4.78 is 35.0. The number of ether oxygens (including phenoxy) is 1. The fourth-order valence-corrected chi connectivity index (χ4v) is 7.16. The Morgan fingerprint density at radius 3 is 2.49 bits per heavy atom. The van der Waals surface area contributed by atoms with E-state index in [9.17, 15) is 24.2 Å². The molecule has 0 spiro atoms. The van der Waals surface area contributed by atoms with Crippen LogP contribution in [0.1, 0.15) is 37.6 Å². The Bertz CT molecular complexity index is 1540. The highest BCUT2D eigenvalue weighted by Crippen LogP contribution is 2.55. The highest BCUT2D eigenvalue weighted by atomic mass is 35.5. The van der Waals surface area contributed by atoms with Crippen LogP contribution in [0, 0.1) is 11.8 Å². The summed E-state index contributed by atoms with van der Waals surface area (Å²) in [4.78, 5) is 42.8. The van der Waals surface area contributed by atoms with Crippen LogP contribution in [0.25, 0.3) is 11.2 Å². The molecule has 41 heavy (non-hydrogen) atoms. The molecule has 5 N–H and O–H groups in total. The number of halogens is 1. The van der Waals surface area contributed by atoms with Crippen molar-refractivity contribution in [2.45, 2.75) is 51.4 Å². The second-order valence-corrected chi connectivity index (χ2v) is 13.8. The molecule has 14 nitrogen and oxygen atoms in total. The Morgan fingerprint density at radius 1 is 1.15 bits per heavy atom. The van der Waals surface area contributed by atoms with Crippen LogP contribution < -0.4 is 4.90 Å². The number of aromatic nitrogens is 4. The normalized spacial score (nSPS) is 22.3. The molecular formula is C24H30ClN5O9P2. The van der Waals surface area contributed by atoms with Crippen molar-refractivity contribution in [2.24, 2.45) is 0 Å². The SMILES string of the molecule is CC#Cc1ccc(CN(CCC)c2nc(Cl)nc3c2ncn3[C@@H]2O[C@H](COP(=O)(O)CP(=O)(O)O)C(O)C2O)cc1. The third kappa shape index (κ3) is 7.71. The molecule has 5 atom stereocenters. The third-order valence-electron chi connectivity index (χ3n) is 6.18. The van der Waals surface area contributed by atoms with Gasteiger partial charge in [0.25, 0.3) is 0 Å². The first-order chi connectivity index (χ1) is 19.3. The number of benzene rings is 1. The van der Waals surface area contributed by atoms with Crippen LogP contribution >= 0.6 is 26.8 Å². The first-order valence-electron chi connectivity index (χ1n) is 12.5. The van der Waals surface area contributed by atoms with Gasteiger partial charge in [-0.3, -0.25) is 13.7 Å². The summed E-state index contributed by atoms with van der Waals surface area (Å²) in [5.74, 6) is 4.93. The summed E-state index contributed by atoms with van der Waals surface area (Å²) in [6, 6.07) is 7.80. The summed E-state index contributed by atoms with van der Waals surface area (Å²) >= 11 is 6.31. The molecule has 0 aliphatic carbocycles. The number of nitrogens with zero attached hydrogens (tertiary/aromatic N) is 5. The minimum Gasteiger partial charge on any atom is -0.387 e. The van der Waals surface area contributed by atoms with E-state index in [0.29, 0.717) is 24.4 Å². The van der Waals surface area contributed by atoms with Gasteiger partial charge in [-0.25, -0.2) is 4.98 Å². The smallest absolute Gasteiger partial charge is 0.340 e. The molecule has 1 aliphatic rings. The van der Waals surface area contributed by atoms with Crippen molar-refractivity contribution in [3.05, 3.63) is 47.0 Å². The quantitative estimate of drug-likeness (QED) is 0.118. The lowest BCUT2D eigenvalue weighted by atomic mass is 10.1. The van der Waals surface area contributed by atoms with Gasteiger partial charge in [-0.2, -0.15) is 9.97 Å². The van der Waals surface area contributed by atoms with Gasteiger partial charge >= 0.3 is 15.2 Å². The second kappa shape index (κ2) is 12.9. The Hall–Kier alpha value is -2.40. The van der Waals surface area contributed by atoms with E-state index < -0.39 is 52.2 Å². The lowest BCUT2D eigenvalue weighted by Gasteiger charge is -2.24. The highest BCUT2D eigenvalue weighted by molar-refractivity contribution is 7.70. The summed E-state index contributed by atoms with van der Waals surface area (Å²) in [6.07, 6.45) is -3.52. The summed E-state index contributed by atoms with van der Waals surface area (Å²) in [5, 5.41) is 21.2. The Labute approximate surface area is 240 Å². The van der Waals surface area contributed by atoms with Crippen LogP contribution in [-0.4, -0.2) is 81.8 Å². The first-order valence-corrected chi connectivity index (χ1v) is 16.4. The fourth-order valence-electron chi connectivity index (χ4n) is 4.43. The van der Waals surface area contributed by atoms with E-state index in [4.69, 9.17) is 30.6 Å². The Morgan fingerprint density at radius 2 is 1.85 bits per heavy atom. The zero-order valence-corrected chi connectivity index (χ0v) is 24.7. The number of fused-ring (bicyclic) bond motifs is 1. The van der Waals surface area contributed by atoms with E-state index in [2.05, 4.69) is 26.8 Å². The molecule has 0 radical (unpaired) electrons. The van der Waals surface area contributed by atoms with Gasteiger partial charge in [0.2, 0.25) is 5.28 Å². The standard InChI is InChI=1S/C24H30ClN5O9P2/c1-3-5-15-6-8-16(9-7-15)11-29(10-4-2)21-18-22(28-24(25)27-21)30(13-26-18)23-20(32)19(31)17(39-23)12-38-41(36,37)14-40(33,34)35/h6-9,13,17,19-20,23,31-32H,4,10-12,14H2,1-2H3,(H,36,37)(H2,33,34,35)/t17-,19?,20?,23-/m1/s1. The van der Waals surface area contributed by atoms with Crippen LogP contribution in [-0.2, 0) is 24.9 Å². The molecule has 17 heteroatoms. The zero-order valence-electron chi connectivity index (χ0n) is 22.1. The third-order valence-corrected chi connectivity index (χ3v) is 9.81. The molecule has 4 rings (SSSR count). The van der Waals surface area contributed by atoms with Crippen molar-refractivity contribution >= 4 is 43.8 Å². The topological polar surface area (TPSA) is 201 Å². The minimum absolute atomic E-state index is 0.0875. The fraction of sp³-hybridized carbons (Fsp3) is 0.458. The lowest BCUT2D eigenvalue weighted by molar-refractivity contribution is -0.0483. The minimum atomic E-state index is -4.84. The highest BCUT2D eigenvalue weighted by Gasteiger charge is 2.46. The van der Waals surface area contributed by atoms with E-state index in [-0.39, 0.29) is 10.9 Å². The number of aliphatic hydroxyl groups is 2. The average Bonchev–Trinajstić information content (AvgIpc) is 3.42. The van der Waals surface area contributed by atoms with Gasteiger partial charge < -0.3 is 39.1 Å². The van der Waals surface area contributed by atoms with Crippen molar-refractivity contribution in [3.63, 3.8) is 0 Å². The van der Waals surface area contributed by atoms with Gasteiger partial charge in [-0.1, -0.05) is 25.0 Å². The molecule has 222 valence electrons. The summed E-state index contributed by atoms with van der Waals surface area (Å²) in [7, 11) is -9.55. The largest absolute Gasteiger partial charge is 0.387 e. The maximum Gasteiger partial charge on any atom is 0.340 e. The van der Waals surface area contributed by atoms with Gasteiger partial charge in [-0.05, 0) is 42.6 Å². The van der Waals surface area contributed by atoms with Crippen molar-refractivity contribution in [2.75, 3.05) is 24.0 Å². The van der Waals surface area contributed by atoms with Gasteiger partial charge in [0.15, 0.2) is 29.1 Å². The molecule has 1 aromatic carbocycles. The van der Waals surface area contributed by atoms with Crippen LogP contribution in [0.3, 0.4) is 0 Å².